The van der Waals surface area contributed by atoms with Crippen LogP contribution in [0.25, 0.3) is 0 Å². The van der Waals surface area contributed by atoms with E-state index in [0.29, 0.717) is 6.54 Å². The molecule has 1 unspecified atom stereocenters. The Morgan fingerprint density at radius 3 is 2.90 bits per heavy atom. The number of halogens is 2. The average Bonchev–Trinajstić information content (AvgIpc) is 2.36. The number of ether oxygens (including phenoxy) is 1. The van der Waals surface area contributed by atoms with Gasteiger partial charge in [-0.3, -0.25) is 4.79 Å². The number of alkyl halides is 1. The fraction of sp³-hybridized carbons (Fsp3) is 0.500. The van der Waals surface area contributed by atoms with Gasteiger partial charge < -0.3 is 14.7 Å². The molecule has 1 saturated heterocycles. The summed E-state index contributed by atoms with van der Waals surface area (Å²) in [5, 5.41) is 9.70. The molecule has 1 amide bonds. The number of carbonyl (C=O) groups is 1. The predicted octanol–water partition coefficient (Wildman–Crippen LogP) is 2.39. The molecule has 1 aliphatic heterocycles. The van der Waals surface area contributed by atoms with E-state index < -0.39 is 17.3 Å². The second-order valence-electron chi connectivity index (χ2n) is 5.47. The van der Waals surface area contributed by atoms with Crippen molar-refractivity contribution in [3.05, 3.63) is 29.6 Å². The number of aromatic hydroxyl groups is 1. The van der Waals surface area contributed by atoms with E-state index in [9.17, 15) is 14.3 Å². The second-order valence-corrected chi connectivity index (χ2v) is 5.78. The quantitative estimate of drug-likeness (QED) is 0.853. The van der Waals surface area contributed by atoms with Gasteiger partial charge in [0.15, 0.2) is 0 Å². The monoisotopic (exact) mass is 301 g/mol. The number of carbonyl (C=O) groups excluding carboxylic acids is 1. The Hall–Kier alpha value is -1.33. The molecule has 1 fully saturated rings. The van der Waals surface area contributed by atoms with E-state index in [-0.39, 0.29) is 29.8 Å². The molecule has 6 heteroatoms. The van der Waals surface area contributed by atoms with Gasteiger partial charge in [0.25, 0.3) is 5.91 Å². The van der Waals surface area contributed by atoms with Gasteiger partial charge >= 0.3 is 0 Å². The van der Waals surface area contributed by atoms with Crippen molar-refractivity contribution in [2.75, 3.05) is 19.0 Å². The summed E-state index contributed by atoms with van der Waals surface area (Å²) < 4.78 is 19.5. The average molecular weight is 302 g/mol. The molecular weight excluding hydrogens is 285 g/mol. The van der Waals surface area contributed by atoms with Crippen molar-refractivity contribution in [3.63, 3.8) is 0 Å². The van der Waals surface area contributed by atoms with E-state index in [1.807, 2.05) is 13.8 Å². The Kier molecular flexibility index (Phi) is 4.20. The number of phenols is 1. The topological polar surface area (TPSA) is 49.8 Å². The van der Waals surface area contributed by atoms with Crippen LogP contribution in [-0.2, 0) is 4.74 Å². The number of benzene rings is 1. The number of phenolic OH excluding ortho intramolecular Hbond substituents is 1. The van der Waals surface area contributed by atoms with Gasteiger partial charge in [-0.05, 0) is 26.0 Å². The first-order chi connectivity index (χ1) is 9.34. The van der Waals surface area contributed by atoms with Gasteiger partial charge in [-0.25, -0.2) is 4.39 Å². The first-order valence-corrected chi connectivity index (χ1v) is 6.88. The Labute approximate surface area is 122 Å². The van der Waals surface area contributed by atoms with E-state index in [2.05, 4.69) is 0 Å². The standard InChI is InChI=1S/C14H17ClFNO3/c1-14(2)8-17(7-9(6-15)20-14)13(19)12-10(16)4-3-5-11(12)18/h3-5,9,18H,6-8H2,1-2H3. The molecule has 1 atom stereocenters. The largest absolute Gasteiger partial charge is 0.507 e. The first-order valence-electron chi connectivity index (χ1n) is 6.34. The van der Waals surface area contributed by atoms with Crippen LogP contribution in [0.5, 0.6) is 5.75 Å². The van der Waals surface area contributed by atoms with Crippen molar-refractivity contribution in [1.82, 2.24) is 4.90 Å². The minimum absolute atomic E-state index is 0.246. The van der Waals surface area contributed by atoms with E-state index >= 15 is 0 Å². The lowest BCUT2D eigenvalue weighted by molar-refractivity contribution is -0.117. The fourth-order valence-corrected chi connectivity index (χ4v) is 2.57. The third-order valence-corrected chi connectivity index (χ3v) is 3.49. The summed E-state index contributed by atoms with van der Waals surface area (Å²) in [4.78, 5) is 13.9. The SMILES string of the molecule is CC1(C)CN(C(=O)c2c(O)cccc2F)CC(CCl)O1. The van der Waals surface area contributed by atoms with Crippen LogP contribution in [0.15, 0.2) is 18.2 Å². The Bertz CT molecular complexity index is 501. The maximum atomic E-state index is 13.8. The van der Waals surface area contributed by atoms with Crippen LogP contribution in [0.3, 0.4) is 0 Å². The number of hydrogen-bond donors (Lipinski definition) is 1. The molecule has 110 valence electrons. The minimum atomic E-state index is -0.735. The fourth-order valence-electron chi connectivity index (χ4n) is 2.41. The smallest absolute Gasteiger partial charge is 0.260 e. The van der Waals surface area contributed by atoms with Crippen molar-refractivity contribution in [3.8, 4) is 5.75 Å². The highest BCUT2D eigenvalue weighted by Crippen LogP contribution is 2.27. The summed E-state index contributed by atoms with van der Waals surface area (Å²) in [5.41, 5.74) is -0.868. The van der Waals surface area contributed by atoms with Gasteiger partial charge in [-0.1, -0.05) is 6.07 Å². The van der Waals surface area contributed by atoms with Gasteiger partial charge in [0.2, 0.25) is 0 Å². The van der Waals surface area contributed by atoms with Crippen LogP contribution in [0.1, 0.15) is 24.2 Å². The zero-order valence-corrected chi connectivity index (χ0v) is 12.2. The Morgan fingerprint density at radius 1 is 1.60 bits per heavy atom. The summed E-state index contributed by atoms with van der Waals surface area (Å²) >= 11 is 5.80. The molecule has 0 spiro atoms. The van der Waals surface area contributed by atoms with Crippen LogP contribution in [0.2, 0.25) is 0 Å². The molecule has 1 heterocycles. The number of morpholine rings is 1. The Morgan fingerprint density at radius 2 is 2.30 bits per heavy atom. The van der Waals surface area contributed by atoms with Gasteiger partial charge in [0.1, 0.15) is 17.1 Å². The molecule has 1 aromatic carbocycles. The summed E-state index contributed by atoms with van der Waals surface area (Å²) in [5.74, 6) is -1.40. The van der Waals surface area contributed by atoms with Crippen molar-refractivity contribution in [2.45, 2.75) is 25.6 Å². The van der Waals surface area contributed by atoms with Crippen LogP contribution in [0.4, 0.5) is 4.39 Å². The summed E-state index contributed by atoms with van der Waals surface area (Å²) in [6.45, 7) is 4.27. The molecule has 2 rings (SSSR count). The third-order valence-electron chi connectivity index (χ3n) is 3.15. The summed E-state index contributed by atoms with van der Waals surface area (Å²) in [7, 11) is 0. The van der Waals surface area contributed by atoms with E-state index in [4.69, 9.17) is 16.3 Å². The van der Waals surface area contributed by atoms with Crippen molar-refractivity contribution in [2.24, 2.45) is 0 Å². The van der Waals surface area contributed by atoms with E-state index in [1.165, 1.54) is 17.0 Å². The van der Waals surface area contributed by atoms with Crippen LogP contribution < -0.4 is 0 Å². The molecule has 20 heavy (non-hydrogen) atoms. The zero-order valence-electron chi connectivity index (χ0n) is 11.4. The van der Waals surface area contributed by atoms with Crippen molar-refractivity contribution < 1.29 is 19.0 Å². The molecule has 0 radical (unpaired) electrons. The maximum Gasteiger partial charge on any atom is 0.260 e. The Balaban J connectivity index is 2.28. The lowest BCUT2D eigenvalue weighted by atomic mass is 10.0. The molecule has 1 aromatic rings. The van der Waals surface area contributed by atoms with E-state index in [1.54, 1.807) is 0 Å². The second kappa shape index (κ2) is 5.58. The van der Waals surface area contributed by atoms with Gasteiger partial charge in [-0.2, -0.15) is 0 Å². The molecule has 1 N–H and O–H groups in total. The molecule has 4 nitrogen and oxygen atoms in total. The third kappa shape index (κ3) is 3.04. The van der Waals surface area contributed by atoms with Crippen molar-refractivity contribution >= 4 is 17.5 Å². The summed E-state index contributed by atoms with van der Waals surface area (Å²) in [6.07, 6.45) is -0.307. The number of hydrogen-bond acceptors (Lipinski definition) is 3. The molecule has 0 bridgehead atoms. The van der Waals surface area contributed by atoms with Crippen LogP contribution >= 0.6 is 11.6 Å². The summed E-state index contributed by atoms with van der Waals surface area (Å²) in [6, 6.07) is 3.80. The number of rotatable bonds is 2. The zero-order chi connectivity index (χ0) is 14.9. The van der Waals surface area contributed by atoms with Crippen LogP contribution in [0, 0.1) is 5.82 Å². The first kappa shape index (κ1) is 15.1. The number of nitrogens with zero attached hydrogens (tertiary/aromatic N) is 1. The molecule has 1 aliphatic rings. The van der Waals surface area contributed by atoms with Gasteiger partial charge in [0, 0.05) is 13.1 Å². The van der Waals surface area contributed by atoms with Gasteiger partial charge in [-0.15, -0.1) is 11.6 Å². The maximum absolute atomic E-state index is 13.8. The normalized spacial score (nSPS) is 21.8. The van der Waals surface area contributed by atoms with Crippen LogP contribution in [-0.4, -0.2) is 46.6 Å². The highest BCUT2D eigenvalue weighted by Gasteiger charge is 2.36. The highest BCUT2D eigenvalue weighted by molar-refractivity contribution is 6.18. The molecule has 0 aliphatic carbocycles. The lowest BCUT2D eigenvalue weighted by Gasteiger charge is -2.42. The minimum Gasteiger partial charge on any atom is -0.507 e. The molecule has 0 saturated carbocycles. The molecule has 0 aromatic heterocycles. The van der Waals surface area contributed by atoms with E-state index in [0.717, 1.165) is 6.07 Å². The van der Waals surface area contributed by atoms with Crippen molar-refractivity contribution in [1.29, 1.82) is 0 Å². The predicted molar refractivity (Wildman–Crippen MR) is 73.6 cm³/mol. The highest BCUT2D eigenvalue weighted by atomic mass is 35.5. The number of amides is 1. The van der Waals surface area contributed by atoms with Gasteiger partial charge in [0.05, 0.1) is 17.6 Å². The lowest BCUT2D eigenvalue weighted by Crippen LogP contribution is -2.55. The molecular formula is C14H17ClFNO3.